The number of para-hydroxylation sites is 3. The van der Waals surface area contributed by atoms with E-state index >= 15 is 0 Å². The molecule has 0 atom stereocenters. The first-order valence-electron chi connectivity index (χ1n) is 20.1. The average Bonchev–Trinajstić information content (AvgIpc) is 3.79. The number of phenols is 1. The van der Waals surface area contributed by atoms with Gasteiger partial charge in [0.15, 0.2) is 0 Å². The molecular formula is C53H49N3O2. The van der Waals surface area contributed by atoms with Gasteiger partial charge < -0.3 is 9.52 Å². The van der Waals surface area contributed by atoms with E-state index in [9.17, 15) is 5.11 Å². The van der Waals surface area contributed by atoms with Gasteiger partial charge in [-0.3, -0.25) is 9.55 Å². The van der Waals surface area contributed by atoms with E-state index in [-0.39, 0.29) is 22.0 Å². The summed E-state index contributed by atoms with van der Waals surface area (Å²) in [4.78, 5) is 10.6. The van der Waals surface area contributed by atoms with Crippen molar-refractivity contribution < 1.29 is 9.52 Å². The van der Waals surface area contributed by atoms with Gasteiger partial charge >= 0.3 is 0 Å². The first-order chi connectivity index (χ1) is 27.7. The maximum absolute atomic E-state index is 12.2. The van der Waals surface area contributed by atoms with Gasteiger partial charge in [-0.15, -0.1) is 0 Å². The van der Waals surface area contributed by atoms with E-state index in [0.29, 0.717) is 11.4 Å². The number of aromatic nitrogens is 3. The van der Waals surface area contributed by atoms with E-state index in [1.54, 1.807) is 0 Å². The molecule has 0 bridgehead atoms. The Morgan fingerprint density at radius 2 is 1.26 bits per heavy atom. The molecule has 0 fully saturated rings. The van der Waals surface area contributed by atoms with Crippen molar-refractivity contribution >= 4 is 33.0 Å². The molecule has 9 rings (SSSR count). The van der Waals surface area contributed by atoms with Gasteiger partial charge in [0.2, 0.25) is 0 Å². The van der Waals surface area contributed by atoms with E-state index in [4.69, 9.17) is 14.4 Å². The summed E-state index contributed by atoms with van der Waals surface area (Å²) in [6, 6.07) is 48.7. The molecule has 288 valence electrons. The Hall–Kier alpha value is -6.46. The van der Waals surface area contributed by atoms with Crippen LogP contribution in [0.25, 0.3) is 72.4 Å². The van der Waals surface area contributed by atoms with Gasteiger partial charge in [0.05, 0.1) is 27.7 Å². The minimum atomic E-state index is -0.344. The molecule has 0 aliphatic rings. The summed E-state index contributed by atoms with van der Waals surface area (Å²) in [6.07, 6.45) is 1.84. The Balaban J connectivity index is 1.36. The Bertz CT molecular complexity index is 2990. The van der Waals surface area contributed by atoms with Crippen molar-refractivity contribution in [2.45, 2.75) is 71.6 Å². The zero-order valence-corrected chi connectivity index (χ0v) is 34.6. The summed E-state index contributed by atoms with van der Waals surface area (Å²) >= 11 is 0. The smallest absolute Gasteiger partial charge is 0.149 e. The highest BCUT2D eigenvalue weighted by Gasteiger charge is 2.30. The molecule has 0 spiro atoms. The second-order valence-corrected chi connectivity index (χ2v) is 18.1. The van der Waals surface area contributed by atoms with Gasteiger partial charge in [-0.2, -0.15) is 0 Å². The van der Waals surface area contributed by atoms with Crippen LogP contribution in [0.15, 0.2) is 150 Å². The highest BCUT2D eigenvalue weighted by molar-refractivity contribution is 6.11. The summed E-state index contributed by atoms with van der Waals surface area (Å²) in [5, 5.41) is 14.3. The van der Waals surface area contributed by atoms with E-state index < -0.39 is 0 Å². The standard InChI is InChI=1S/C53H49N3O2/c1-51(2,3)36-31-41(49(57)42(32-36)52(4,5)6)50-55-48-39(23-17-24-43(48)56(50)38-20-13-10-14-21-38)33-28-34(30-37(29-33)53(7,8)35-18-11-9-12-19-35)47-46-40-22-15-16-25-44(40)58-45(46)26-27-54-47/h9-32,57H,1-8H3. The molecule has 3 aromatic heterocycles. The van der Waals surface area contributed by atoms with Crippen LogP contribution in [0.2, 0.25) is 0 Å². The second-order valence-electron chi connectivity index (χ2n) is 18.1. The molecule has 0 amide bonds. The lowest BCUT2D eigenvalue weighted by Gasteiger charge is -2.27. The topological polar surface area (TPSA) is 64.1 Å². The van der Waals surface area contributed by atoms with Crippen LogP contribution in [0.1, 0.15) is 77.6 Å². The molecule has 5 heteroatoms. The molecule has 1 N–H and O–H groups in total. The Labute approximate surface area is 340 Å². The number of fused-ring (bicyclic) bond motifs is 4. The van der Waals surface area contributed by atoms with Crippen molar-refractivity contribution in [1.29, 1.82) is 0 Å². The Morgan fingerprint density at radius 3 is 1.98 bits per heavy atom. The van der Waals surface area contributed by atoms with E-state index in [1.165, 1.54) is 5.56 Å². The first kappa shape index (κ1) is 37.1. The average molecular weight is 760 g/mol. The van der Waals surface area contributed by atoms with Crippen molar-refractivity contribution in [3.63, 3.8) is 0 Å². The Kier molecular flexibility index (Phi) is 8.70. The van der Waals surface area contributed by atoms with Crippen LogP contribution in [-0.2, 0) is 16.2 Å². The minimum absolute atomic E-state index is 0.156. The fourth-order valence-electron chi connectivity index (χ4n) is 8.35. The molecule has 58 heavy (non-hydrogen) atoms. The number of hydrogen-bond acceptors (Lipinski definition) is 4. The van der Waals surface area contributed by atoms with Gasteiger partial charge in [-0.1, -0.05) is 146 Å². The van der Waals surface area contributed by atoms with Crippen molar-refractivity contribution in [3.05, 3.63) is 168 Å². The molecule has 5 nitrogen and oxygen atoms in total. The predicted octanol–water partition coefficient (Wildman–Crippen LogP) is 13.9. The number of pyridine rings is 1. The second kappa shape index (κ2) is 13.6. The van der Waals surface area contributed by atoms with Gasteiger partial charge in [-0.05, 0) is 81.6 Å². The largest absolute Gasteiger partial charge is 0.507 e. The monoisotopic (exact) mass is 759 g/mol. The molecule has 9 aromatic rings. The van der Waals surface area contributed by atoms with E-state index in [0.717, 1.165) is 77.7 Å². The van der Waals surface area contributed by atoms with Crippen LogP contribution in [0.3, 0.4) is 0 Å². The summed E-state index contributed by atoms with van der Waals surface area (Å²) in [6.45, 7) is 17.7. The summed E-state index contributed by atoms with van der Waals surface area (Å²) < 4.78 is 8.55. The molecule has 6 aromatic carbocycles. The lowest BCUT2D eigenvalue weighted by molar-refractivity contribution is 0.446. The van der Waals surface area contributed by atoms with Crippen molar-refractivity contribution in [1.82, 2.24) is 14.5 Å². The fraction of sp³-hybridized carbons (Fsp3) is 0.208. The van der Waals surface area contributed by atoms with Gasteiger partial charge in [0.25, 0.3) is 0 Å². The van der Waals surface area contributed by atoms with Crippen LogP contribution in [0.5, 0.6) is 5.75 Å². The predicted molar refractivity (Wildman–Crippen MR) is 240 cm³/mol. The number of hydrogen-bond donors (Lipinski definition) is 1. The maximum Gasteiger partial charge on any atom is 0.149 e. The molecule has 0 saturated carbocycles. The summed E-state index contributed by atoms with van der Waals surface area (Å²) in [5.41, 5.74) is 12.6. The molecule has 0 radical (unpaired) electrons. The molecule has 3 heterocycles. The van der Waals surface area contributed by atoms with E-state index in [1.807, 2.05) is 30.5 Å². The van der Waals surface area contributed by atoms with Crippen molar-refractivity contribution in [2.75, 3.05) is 0 Å². The lowest BCUT2D eigenvalue weighted by Crippen LogP contribution is -2.19. The summed E-state index contributed by atoms with van der Waals surface area (Å²) in [5.74, 6) is 0.954. The molecule has 0 unspecified atom stereocenters. The first-order valence-corrected chi connectivity index (χ1v) is 20.1. The highest BCUT2D eigenvalue weighted by atomic mass is 16.3. The van der Waals surface area contributed by atoms with Crippen molar-refractivity contribution in [3.8, 4) is 45.2 Å². The van der Waals surface area contributed by atoms with Crippen LogP contribution >= 0.6 is 0 Å². The minimum Gasteiger partial charge on any atom is -0.507 e. The number of nitrogens with zero attached hydrogens (tertiary/aromatic N) is 3. The zero-order valence-electron chi connectivity index (χ0n) is 34.6. The van der Waals surface area contributed by atoms with Gasteiger partial charge in [0, 0.05) is 39.4 Å². The van der Waals surface area contributed by atoms with Crippen LogP contribution in [0, 0.1) is 0 Å². The quantitative estimate of drug-likeness (QED) is 0.183. The highest BCUT2D eigenvalue weighted by Crippen LogP contribution is 2.46. The van der Waals surface area contributed by atoms with Gasteiger partial charge in [0.1, 0.15) is 22.7 Å². The number of imidazole rings is 1. The number of furan rings is 1. The molecule has 0 saturated heterocycles. The normalized spacial score (nSPS) is 12.6. The number of rotatable bonds is 6. The fourth-order valence-corrected chi connectivity index (χ4v) is 8.35. The molecule has 0 aliphatic heterocycles. The zero-order chi connectivity index (χ0) is 40.6. The third-order valence-electron chi connectivity index (χ3n) is 11.7. The van der Waals surface area contributed by atoms with Crippen LogP contribution < -0.4 is 0 Å². The molecule has 0 aliphatic carbocycles. The van der Waals surface area contributed by atoms with Crippen molar-refractivity contribution in [2.24, 2.45) is 0 Å². The Morgan fingerprint density at radius 1 is 0.569 bits per heavy atom. The third kappa shape index (κ3) is 6.26. The number of aromatic hydroxyl groups is 1. The van der Waals surface area contributed by atoms with Gasteiger partial charge in [-0.25, -0.2) is 4.98 Å². The molecular weight excluding hydrogens is 711 g/mol. The van der Waals surface area contributed by atoms with Crippen LogP contribution in [0.4, 0.5) is 0 Å². The maximum atomic E-state index is 12.2. The number of benzene rings is 6. The van der Waals surface area contributed by atoms with Crippen LogP contribution in [-0.4, -0.2) is 19.6 Å². The SMILES string of the molecule is CC(C)(C)c1cc(-c2nc3c(-c4cc(-c5nccc6oc7ccccc7c56)cc(C(C)(C)c5ccccc5)c4)cccc3n2-c2ccccc2)c(O)c(C(C)(C)C)c1. The summed E-state index contributed by atoms with van der Waals surface area (Å²) in [7, 11) is 0. The van der Waals surface area contributed by atoms with E-state index in [2.05, 4.69) is 175 Å². The number of phenolic OH excluding ortho intramolecular Hbond substituents is 1. The lowest BCUT2D eigenvalue weighted by atomic mass is 9.76. The third-order valence-corrected chi connectivity index (χ3v) is 11.7.